The third kappa shape index (κ3) is 3.07. The van der Waals surface area contributed by atoms with Crippen LogP contribution in [-0.4, -0.2) is 19.9 Å². The number of hydrogen-bond donors (Lipinski definition) is 1. The molecule has 0 radical (unpaired) electrons. The molecule has 1 saturated carbocycles. The third-order valence-electron chi connectivity index (χ3n) is 3.38. The van der Waals surface area contributed by atoms with Crippen LogP contribution in [0.2, 0.25) is 5.02 Å². The zero-order valence-corrected chi connectivity index (χ0v) is 12.9. The average molecular weight is 340 g/mol. The maximum absolute atomic E-state index is 14.1. The summed E-state index contributed by atoms with van der Waals surface area (Å²) in [6, 6.07) is 1.96. The first-order valence-corrected chi connectivity index (χ1v) is 8.57. The topological polar surface area (TPSA) is 63.2 Å². The zero-order valence-electron chi connectivity index (χ0n) is 10.5. The summed E-state index contributed by atoms with van der Waals surface area (Å²) >= 11 is 5.72. The fourth-order valence-electron chi connectivity index (χ4n) is 2.08. The number of carbonyl (C=O) groups excluding carboxylic acids is 1. The van der Waals surface area contributed by atoms with Crippen molar-refractivity contribution in [1.29, 1.82) is 0 Å². The van der Waals surface area contributed by atoms with E-state index in [1.807, 2.05) is 6.92 Å². The molecule has 0 atom stereocenters. The average Bonchev–Trinajstić information content (AvgIpc) is 2.28. The Morgan fingerprint density at radius 1 is 1.40 bits per heavy atom. The second-order valence-electron chi connectivity index (χ2n) is 5.07. The molecule has 8 heteroatoms. The highest BCUT2D eigenvalue weighted by molar-refractivity contribution is 8.13. The highest BCUT2D eigenvalue weighted by atomic mass is 35.7. The lowest BCUT2D eigenvalue weighted by Crippen LogP contribution is -2.51. The molecule has 20 heavy (non-hydrogen) atoms. The normalized spacial score (nSPS) is 17.4. The predicted octanol–water partition coefficient (Wildman–Crippen LogP) is 3.08. The van der Waals surface area contributed by atoms with Crippen molar-refractivity contribution < 1.29 is 17.6 Å². The lowest BCUT2D eigenvalue weighted by molar-refractivity contribution is 0.0845. The van der Waals surface area contributed by atoms with Crippen molar-refractivity contribution >= 4 is 37.2 Å². The fraction of sp³-hybridized carbons (Fsp3) is 0.417. The molecular formula is C12H12Cl2FNO3S. The molecule has 4 nitrogen and oxygen atoms in total. The van der Waals surface area contributed by atoms with E-state index in [2.05, 4.69) is 5.32 Å². The summed E-state index contributed by atoms with van der Waals surface area (Å²) in [7, 11) is 0.811. The first-order chi connectivity index (χ1) is 9.12. The van der Waals surface area contributed by atoms with Gasteiger partial charge in [0.15, 0.2) is 5.82 Å². The molecule has 1 N–H and O–H groups in total. The molecular weight excluding hydrogens is 328 g/mol. The van der Waals surface area contributed by atoms with Gasteiger partial charge in [0, 0.05) is 21.2 Å². The molecule has 0 aromatic heterocycles. The van der Waals surface area contributed by atoms with Gasteiger partial charge >= 0.3 is 0 Å². The van der Waals surface area contributed by atoms with Gasteiger partial charge < -0.3 is 5.32 Å². The van der Waals surface area contributed by atoms with E-state index in [1.165, 1.54) is 0 Å². The second-order valence-corrected chi connectivity index (χ2v) is 8.04. The van der Waals surface area contributed by atoms with Gasteiger partial charge in [0.2, 0.25) is 0 Å². The molecule has 0 unspecified atom stereocenters. The number of halogens is 3. The molecule has 0 spiro atoms. The van der Waals surface area contributed by atoms with Gasteiger partial charge in [-0.3, -0.25) is 4.79 Å². The van der Waals surface area contributed by atoms with Crippen LogP contribution in [0.5, 0.6) is 0 Å². The molecule has 1 aromatic rings. The van der Waals surface area contributed by atoms with E-state index in [-0.39, 0.29) is 10.6 Å². The number of rotatable bonds is 3. The molecule has 1 amide bonds. The zero-order chi connectivity index (χ0) is 15.1. The fourth-order valence-corrected chi connectivity index (χ4v) is 3.29. The van der Waals surface area contributed by atoms with Crippen molar-refractivity contribution in [1.82, 2.24) is 5.32 Å². The smallest absolute Gasteiger partial charge is 0.264 e. The molecule has 2 rings (SSSR count). The van der Waals surface area contributed by atoms with Gasteiger partial charge in [-0.25, -0.2) is 12.8 Å². The van der Waals surface area contributed by atoms with Gasteiger partial charge in [-0.15, -0.1) is 0 Å². The van der Waals surface area contributed by atoms with E-state index in [9.17, 15) is 17.6 Å². The van der Waals surface area contributed by atoms with Crippen molar-refractivity contribution in [3.05, 3.63) is 28.5 Å². The Labute approximate surface area is 125 Å². The molecule has 0 bridgehead atoms. The van der Waals surface area contributed by atoms with Crippen LogP contribution in [0.1, 0.15) is 36.5 Å². The second kappa shape index (κ2) is 5.16. The van der Waals surface area contributed by atoms with Crippen LogP contribution >= 0.6 is 22.3 Å². The lowest BCUT2D eigenvalue weighted by atomic mass is 9.78. The summed E-state index contributed by atoms with van der Waals surface area (Å²) in [4.78, 5) is 11.3. The minimum atomic E-state index is -4.31. The number of benzene rings is 1. The first-order valence-electron chi connectivity index (χ1n) is 5.89. The Kier molecular flexibility index (Phi) is 4.01. The summed E-state index contributed by atoms with van der Waals surface area (Å²) in [5.74, 6) is -1.89. The van der Waals surface area contributed by atoms with E-state index in [0.29, 0.717) is 0 Å². The summed E-state index contributed by atoms with van der Waals surface area (Å²) < 4.78 is 36.6. The number of hydrogen-bond acceptors (Lipinski definition) is 3. The van der Waals surface area contributed by atoms with Crippen LogP contribution in [0.4, 0.5) is 4.39 Å². The van der Waals surface area contributed by atoms with E-state index in [4.69, 9.17) is 22.3 Å². The van der Waals surface area contributed by atoms with Crippen molar-refractivity contribution in [3.63, 3.8) is 0 Å². The van der Waals surface area contributed by atoms with E-state index in [0.717, 1.165) is 31.4 Å². The monoisotopic (exact) mass is 339 g/mol. The summed E-state index contributed by atoms with van der Waals surface area (Å²) in [5, 5.41) is 2.61. The summed E-state index contributed by atoms with van der Waals surface area (Å²) in [5.41, 5.74) is -0.809. The van der Waals surface area contributed by atoms with E-state index >= 15 is 0 Å². The van der Waals surface area contributed by atoms with E-state index in [1.54, 1.807) is 0 Å². The van der Waals surface area contributed by atoms with Crippen LogP contribution in [0.25, 0.3) is 0 Å². The van der Waals surface area contributed by atoms with Gasteiger partial charge in [0.1, 0.15) is 4.90 Å². The maximum Gasteiger partial charge on any atom is 0.264 e. The molecule has 0 aliphatic heterocycles. The van der Waals surface area contributed by atoms with Crippen LogP contribution in [0.15, 0.2) is 17.0 Å². The number of amides is 1. The third-order valence-corrected chi connectivity index (χ3v) is 4.92. The molecule has 0 saturated heterocycles. The van der Waals surface area contributed by atoms with Gasteiger partial charge in [-0.05, 0) is 38.3 Å². The molecule has 1 aromatic carbocycles. The quantitative estimate of drug-likeness (QED) is 0.860. The van der Waals surface area contributed by atoms with Crippen molar-refractivity contribution in [2.75, 3.05) is 0 Å². The van der Waals surface area contributed by atoms with E-state index < -0.39 is 31.2 Å². The first kappa shape index (κ1) is 15.5. The van der Waals surface area contributed by atoms with Gasteiger partial charge in [0.05, 0.1) is 5.56 Å². The maximum atomic E-state index is 14.1. The largest absolute Gasteiger partial charge is 0.347 e. The number of nitrogens with one attached hydrogen (secondary N) is 1. The summed E-state index contributed by atoms with van der Waals surface area (Å²) in [6.45, 7) is 1.84. The lowest BCUT2D eigenvalue weighted by Gasteiger charge is -2.39. The molecule has 0 heterocycles. The SMILES string of the molecule is CC1(NC(=O)c2cc(Cl)cc(S(=O)(=O)Cl)c2F)CCC1. The van der Waals surface area contributed by atoms with Crippen molar-refractivity contribution in [2.45, 2.75) is 36.6 Å². The molecule has 110 valence electrons. The van der Waals surface area contributed by atoms with Crippen LogP contribution in [0, 0.1) is 5.82 Å². The molecule has 1 aliphatic carbocycles. The summed E-state index contributed by atoms with van der Waals surface area (Å²) in [6.07, 6.45) is 2.57. The Hall–Kier alpha value is -0.850. The van der Waals surface area contributed by atoms with Crippen LogP contribution in [0.3, 0.4) is 0 Å². The minimum absolute atomic E-state index is 0.0745. The van der Waals surface area contributed by atoms with Crippen molar-refractivity contribution in [2.24, 2.45) is 0 Å². The van der Waals surface area contributed by atoms with Gasteiger partial charge in [-0.1, -0.05) is 11.6 Å². The standard InChI is InChI=1S/C12H12Cl2FNO3S/c1-12(3-2-4-12)16-11(17)8-5-7(13)6-9(10(8)15)20(14,18)19/h5-6H,2-4H2,1H3,(H,16,17). The molecule has 1 fully saturated rings. The minimum Gasteiger partial charge on any atom is -0.347 e. The Morgan fingerprint density at radius 2 is 2.00 bits per heavy atom. The number of carbonyl (C=O) groups is 1. The molecule has 1 aliphatic rings. The van der Waals surface area contributed by atoms with Crippen molar-refractivity contribution in [3.8, 4) is 0 Å². The Balaban J connectivity index is 2.41. The van der Waals surface area contributed by atoms with Gasteiger partial charge in [0.25, 0.3) is 15.0 Å². The van der Waals surface area contributed by atoms with Gasteiger partial charge in [-0.2, -0.15) is 0 Å². The Morgan fingerprint density at radius 3 is 2.45 bits per heavy atom. The van der Waals surface area contributed by atoms with Crippen LogP contribution in [-0.2, 0) is 9.05 Å². The Bertz CT molecular complexity index is 672. The van der Waals surface area contributed by atoms with Crippen LogP contribution < -0.4 is 5.32 Å². The highest BCUT2D eigenvalue weighted by Crippen LogP contribution is 2.32. The highest BCUT2D eigenvalue weighted by Gasteiger charge is 2.34. The predicted molar refractivity (Wildman–Crippen MR) is 74.2 cm³/mol.